The van der Waals surface area contributed by atoms with E-state index in [0.717, 1.165) is 29.1 Å². The molecule has 154 valence electrons. The van der Waals surface area contributed by atoms with Crippen LogP contribution in [0.4, 0.5) is 5.69 Å². The number of carbonyl (C=O) groups excluding carboxylic acids is 1. The molecule has 1 aliphatic rings. The summed E-state index contributed by atoms with van der Waals surface area (Å²) in [6, 6.07) is 13.1. The molecule has 1 N–H and O–H groups in total. The SMILES string of the molecule is Cc1ccc(N(CC(=O)NCC2=CCCCC2)S(=O)(=O)c2ccccc2)cc1Cl. The minimum Gasteiger partial charge on any atom is -0.351 e. The molecule has 0 radical (unpaired) electrons. The minimum atomic E-state index is -3.92. The molecule has 1 aliphatic carbocycles. The lowest BCUT2D eigenvalue weighted by molar-refractivity contribution is -0.119. The minimum absolute atomic E-state index is 0.125. The van der Waals surface area contributed by atoms with E-state index in [9.17, 15) is 13.2 Å². The fourth-order valence-electron chi connectivity index (χ4n) is 3.24. The van der Waals surface area contributed by atoms with Crippen LogP contribution in [0.2, 0.25) is 5.02 Å². The van der Waals surface area contributed by atoms with Crippen molar-refractivity contribution in [3.05, 3.63) is 70.8 Å². The van der Waals surface area contributed by atoms with Gasteiger partial charge in [-0.3, -0.25) is 9.10 Å². The molecule has 0 saturated heterocycles. The number of anilines is 1. The number of sulfonamides is 1. The Morgan fingerprint density at radius 2 is 1.90 bits per heavy atom. The topological polar surface area (TPSA) is 66.5 Å². The Hall–Kier alpha value is -2.31. The van der Waals surface area contributed by atoms with Crippen LogP contribution in [0.25, 0.3) is 0 Å². The molecule has 0 heterocycles. The zero-order valence-electron chi connectivity index (χ0n) is 16.4. The highest BCUT2D eigenvalue weighted by Gasteiger charge is 2.27. The fraction of sp³-hybridized carbons (Fsp3) is 0.318. The summed E-state index contributed by atoms with van der Waals surface area (Å²) in [5, 5.41) is 3.30. The van der Waals surface area contributed by atoms with Gasteiger partial charge < -0.3 is 5.32 Å². The van der Waals surface area contributed by atoms with Crippen molar-refractivity contribution in [2.45, 2.75) is 37.5 Å². The van der Waals surface area contributed by atoms with Gasteiger partial charge in [-0.15, -0.1) is 0 Å². The molecule has 0 aliphatic heterocycles. The first-order chi connectivity index (χ1) is 13.9. The van der Waals surface area contributed by atoms with Gasteiger partial charge in [0.1, 0.15) is 6.54 Å². The molecule has 29 heavy (non-hydrogen) atoms. The summed E-state index contributed by atoms with van der Waals surface area (Å²) in [4.78, 5) is 12.7. The molecule has 7 heteroatoms. The predicted octanol–water partition coefficient (Wildman–Crippen LogP) is 4.46. The van der Waals surface area contributed by atoms with Crippen molar-refractivity contribution >= 4 is 33.2 Å². The van der Waals surface area contributed by atoms with E-state index < -0.39 is 10.0 Å². The molecule has 5 nitrogen and oxygen atoms in total. The van der Waals surface area contributed by atoms with Crippen LogP contribution in [0.5, 0.6) is 0 Å². The van der Waals surface area contributed by atoms with Crippen molar-refractivity contribution in [2.24, 2.45) is 0 Å². The van der Waals surface area contributed by atoms with Crippen LogP contribution in [-0.2, 0) is 14.8 Å². The van der Waals surface area contributed by atoms with Gasteiger partial charge in [-0.2, -0.15) is 0 Å². The van der Waals surface area contributed by atoms with Gasteiger partial charge in [0.2, 0.25) is 5.91 Å². The van der Waals surface area contributed by atoms with Gasteiger partial charge in [-0.25, -0.2) is 8.42 Å². The molecule has 2 aromatic rings. The van der Waals surface area contributed by atoms with E-state index >= 15 is 0 Å². The van der Waals surface area contributed by atoms with E-state index in [4.69, 9.17) is 11.6 Å². The van der Waals surface area contributed by atoms with E-state index in [1.165, 1.54) is 24.1 Å². The van der Waals surface area contributed by atoms with Crippen LogP contribution in [0.15, 0.2) is 65.1 Å². The fourth-order valence-corrected chi connectivity index (χ4v) is 4.84. The largest absolute Gasteiger partial charge is 0.351 e. The second-order valence-electron chi connectivity index (χ2n) is 7.14. The summed E-state index contributed by atoms with van der Waals surface area (Å²) in [7, 11) is -3.92. The van der Waals surface area contributed by atoms with Gasteiger partial charge in [0, 0.05) is 11.6 Å². The van der Waals surface area contributed by atoms with Gasteiger partial charge in [-0.05, 0) is 62.4 Å². The number of nitrogens with zero attached hydrogens (tertiary/aromatic N) is 1. The van der Waals surface area contributed by atoms with Gasteiger partial charge in [-0.1, -0.05) is 47.5 Å². The smallest absolute Gasteiger partial charge is 0.264 e. The molecule has 0 bridgehead atoms. The van der Waals surface area contributed by atoms with Crippen LogP contribution < -0.4 is 9.62 Å². The van der Waals surface area contributed by atoms with Gasteiger partial charge in [0.05, 0.1) is 10.6 Å². The zero-order chi connectivity index (χ0) is 20.9. The third-order valence-corrected chi connectivity index (χ3v) is 7.15. The lowest BCUT2D eigenvalue weighted by Crippen LogP contribution is -2.41. The molecular weight excluding hydrogens is 408 g/mol. The molecule has 3 rings (SSSR count). The van der Waals surface area contributed by atoms with Gasteiger partial charge >= 0.3 is 0 Å². The van der Waals surface area contributed by atoms with Crippen LogP contribution in [0.3, 0.4) is 0 Å². The average Bonchev–Trinajstić information content (AvgIpc) is 2.74. The van der Waals surface area contributed by atoms with Crippen LogP contribution in [0, 0.1) is 6.92 Å². The maximum atomic E-state index is 13.3. The number of nitrogens with one attached hydrogen (secondary N) is 1. The predicted molar refractivity (Wildman–Crippen MR) is 117 cm³/mol. The van der Waals surface area contributed by atoms with Crippen LogP contribution in [0.1, 0.15) is 31.2 Å². The summed E-state index contributed by atoms with van der Waals surface area (Å²) < 4.78 is 27.6. The summed E-state index contributed by atoms with van der Waals surface area (Å²) in [6.07, 6.45) is 6.45. The van der Waals surface area contributed by atoms with Gasteiger partial charge in [0.25, 0.3) is 10.0 Å². The van der Waals surface area contributed by atoms with Crippen molar-refractivity contribution in [1.82, 2.24) is 5.32 Å². The Labute approximate surface area is 177 Å². The quantitative estimate of drug-likeness (QED) is 0.657. The normalized spacial score (nSPS) is 14.2. The maximum absolute atomic E-state index is 13.3. The Morgan fingerprint density at radius 3 is 2.55 bits per heavy atom. The van der Waals surface area contributed by atoms with Gasteiger partial charge in [0.15, 0.2) is 0 Å². The van der Waals surface area contributed by atoms with Crippen molar-refractivity contribution in [3.8, 4) is 0 Å². The lowest BCUT2D eigenvalue weighted by atomic mass is 10.00. The third kappa shape index (κ3) is 5.40. The highest BCUT2D eigenvalue weighted by atomic mass is 35.5. The first kappa shape index (κ1) is 21.4. The highest BCUT2D eigenvalue weighted by molar-refractivity contribution is 7.92. The molecule has 0 atom stereocenters. The Bertz CT molecular complexity index is 1000. The van der Waals surface area contributed by atoms with E-state index in [1.807, 2.05) is 6.92 Å². The van der Waals surface area contributed by atoms with Crippen molar-refractivity contribution in [1.29, 1.82) is 0 Å². The number of aryl methyl sites for hydroxylation is 1. The number of amides is 1. The van der Waals surface area contributed by atoms with E-state index in [2.05, 4.69) is 11.4 Å². The second-order valence-corrected chi connectivity index (χ2v) is 9.41. The van der Waals surface area contributed by atoms with Crippen LogP contribution in [-0.4, -0.2) is 27.4 Å². The average molecular weight is 433 g/mol. The number of hydrogen-bond acceptors (Lipinski definition) is 3. The van der Waals surface area contributed by atoms with E-state index in [1.54, 1.807) is 36.4 Å². The number of hydrogen-bond donors (Lipinski definition) is 1. The monoisotopic (exact) mass is 432 g/mol. The molecule has 0 aromatic heterocycles. The maximum Gasteiger partial charge on any atom is 0.264 e. The Morgan fingerprint density at radius 1 is 1.14 bits per heavy atom. The molecule has 1 amide bonds. The molecule has 0 unspecified atom stereocenters. The van der Waals surface area contributed by atoms with Crippen molar-refractivity contribution < 1.29 is 13.2 Å². The number of benzene rings is 2. The second kappa shape index (κ2) is 9.46. The molecule has 0 fully saturated rings. The van der Waals surface area contributed by atoms with Crippen LogP contribution >= 0.6 is 11.6 Å². The summed E-state index contributed by atoms with van der Waals surface area (Å²) in [6.45, 7) is 1.98. The standard InChI is InChI=1S/C22H25ClN2O3S/c1-17-12-13-19(14-21(17)23)25(29(27,28)20-10-6-3-7-11-20)16-22(26)24-15-18-8-4-2-5-9-18/h3,6-8,10-14H,2,4-5,9,15-16H2,1H3,(H,24,26). The number of allylic oxidation sites excluding steroid dienone is 1. The highest BCUT2D eigenvalue weighted by Crippen LogP contribution is 2.28. The number of rotatable bonds is 7. The third-order valence-electron chi connectivity index (χ3n) is 4.96. The molecule has 2 aromatic carbocycles. The summed E-state index contributed by atoms with van der Waals surface area (Å²) >= 11 is 6.22. The summed E-state index contributed by atoms with van der Waals surface area (Å²) in [5.74, 6) is -0.354. The number of halogens is 1. The zero-order valence-corrected chi connectivity index (χ0v) is 18.0. The Balaban J connectivity index is 1.85. The molecular formula is C22H25ClN2O3S. The number of carbonyl (C=O) groups is 1. The summed E-state index contributed by atoms with van der Waals surface area (Å²) in [5.41, 5.74) is 2.39. The lowest BCUT2D eigenvalue weighted by Gasteiger charge is -2.25. The molecule has 0 spiro atoms. The van der Waals surface area contributed by atoms with Crippen molar-refractivity contribution in [2.75, 3.05) is 17.4 Å². The van der Waals surface area contributed by atoms with E-state index in [-0.39, 0.29) is 17.3 Å². The first-order valence-electron chi connectivity index (χ1n) is 9.66. The molecule has 0 saturated carbocycles. The first-order valence-corrected chi connectivity index (χ1v) is 11.5. The van der Waals surface area contributed by atoms with Crippen molar-refractivity contribution in [3.63, 3.8) is 0 Å². The Kier molecular flexibility index (Phi) is 6.98. The van der Waals surface area contributed by atoms with E-state index in [0.29, 0.717) is 17.3 Å².